The Kier molecular flexibility index (Phi) is 0.948. The van der Waals surface area contributed by atoms with Crippen LogP contribution in [0.4, 0.5) is 0 Å². The van der Waals surface area contributed by atoms with Crippen LogP contribution < -0.4 is 5.73 Å². The third-order valence-corrected chi connectivity index (χ3v) is 6.35. The van der Waals surface area contributed by atoms with Crippen molar-refractivity contribution < 1.29 is 9.53 Å². The van der Waals surface area contributed by atoms with Crippen LogP contribution in [0.5, 0.6) is 0 Å². The van der Waals surface area contributed by atoms with Crippen LogP contribution in [0.15, 0.2) is 0 Å². The average molecular weight is 205 g/mol. The number of rotatable bonds is 1. The first-order valence-electron chi connectivity index (χ1n) is 6.11. The van der Waals surface area contributed by atoms with Crippen molar-refractivity contribution >= 4 is 5.97 Å². The Bertz CT molecular complexity index is 373. The minimum absolute atomic E-state index is 0.0346. The molecule has 6 unspecified atom stereocenters. The lowest BCUT2D eigenvalue weighted by Gasteiger charge is -2.44. The lowest BCUT2D eigenvalue weighted by atomic mass is 9.62. The van der Waals surface area contributed by atoms with Gasteiger partial charge in [0.05, 0.1) is 13.0 Å². The molecule has 6 rings (SSSR count). The molecule has 8 atom stereocenters. The first-order valence-corrected chi connectivity index (χ1v) is 6.11. The fourth-order valence-corrected chi connectivity index (χ4v) is 6.30. The highest BCUT2D eigenvalue weighted by atomic mass is 16.5. The second kappa shape index (κ2) is 1.86. The molecule has 6 aliphatic carbocycles. The van der Waals surface area contributed by atoms with E-state index in [-0.39, 0.29) is 17.9 Å². The maximum absolute atomic E-state index is 11.8. The van der Waals surface area contributed by atoms with Gasteiger partial charge in [-0.3, -0.25) is 4.79 Å². The van der Waals surface area contributed by atoms with Gasteiger partial charge < -0.3 is 10.5 Å². The Morgan fingerprint density at radius 1 is 0.933 bits per heavy atom. The van der Waals surface area contributed by atoms with E-state index in [0.29, 0.717) is 11.8 Å². The fourth-order valence-electron chi connectivity index (χ4n) is 6.30. The molecular formula is C12H15NO2. The van der Waals surface area contributed by atoms with E-state index in [0.717, 1.165) is 35.5 Å². The van der Waals surface area contributed by atoms with Crippen molar-refractivity contribution in [2.75, 3.05) is 7.11 Å². The summed E-state index contributed by atoms with van der Waals surface area (Å²) in [6, 6.07) is 0.113. The van der Waals surface area contributed by atoms with Crippen LogP contribution in [-0.4, -0.2) is 19.1 Å². The maximum Gasteiger partial charge on any atom is 0.310 e. The van der Waals surface area contributed by atoms with E-state index in [2.05, 4.69) is 0 Å². The summed E-state index contributed by atoms with van der Waals surface area (Å²) in [5, 5.41) is 0. The second-order valence-corrected chi connectivity index (χ2v) is 6.25. The van der Waals surface area contributed by atoms with Crippen LogP contribution in [-0.2, 0) is 9.53 Å². The summed E-state index contributed by atoms with van der Waals surface area (Å²) >= 11 is 0. The summed E-state index contributed by atoms with van der Waals surface area (Å²) in [5.74, 6) is 6.86. The van der Waals surface area contributed by atoms with E-state index >= 15 is 0 Å². The fraction of sp³-hybridized carbons (Fsp3) is 0.917. The highest BCUT2D eigenvalue weighted by Gasteiger charge is 2.91. The number of methoxy groups -OCH3 is 1. The molecule has 6 aliphatic rings. The Morgan fingerprint density at radius 2 is 1.40 bits per heavy atom. The first kappa shape index (κ1) is 7.66. The molecule has 6 saturated carbocycles. The van der Waals surface area contributed by atoms with Gasteiger partial charge >= 0.3 is 5.97 Å². The van der Waals surface area contributed by atoms with Gasteiger partial charge in [-0.25, -0.2) is 0 Å². The van der Waals surface area contributed by atoms with Crippen LogP contribution in [0.25, 0.3) is 0 Å². The number of carbonyl (C=O) groups excluding carboxylic acids is 1. The second-order valence-electron chi connectivity index (χ2n) is 6.25. The van der Waals surface area contributed by atoms with Crippen molar-refractivity contribution in [2.45, 2.75) is 6.04 Å². The number of hydrogen-bond donors (Lipinski definition) is 1. The van der Waals surface area contributed by atoms with Gasteiger partial charge in [0.15, 0.2) is 0 Å². The van der Waals surface area contributed by atoms with Crippen molar-refractivity contribution in [3.05, 3.63) is 0 Å². The van der Waals surface area contributed by atoms with Crippen LogP contribution in [0.3, 0.4) is 0 Å². The van der Waals surface area contributed by atoms with E-state index in [4.69, 9.17) is 10.5 Å². The Labute approximate surface area is 88.3 Å². The Morgan fingerprint density at radius 3 is 1.93 bits per heavy atom. The van der Waals surface area contributed by atoms with Gasteiger partial charge in [-0.1, -0.05) is 0 Å². The van der Waals surface area contributed by atoms with Gasteiger partial charge in [0.1, 0.15) is 0 Å². The number of esters is 1. The molecule has 0 saturated heterocycles. The van der Waals surface area contributed by atoms with E-state index < -0.39 is 0 Å². The predicted octanol–water partition coefficient (Wildman–Crippen LogP) is 0.100. The minimum atomic E-state index is -0.0346. The lowest BCUT2D eigenvalue weighted by Crippen LogP contribution is -2.55. The molecule has 6 fully saturated rings. The van der Waals surface area contributed by atoms with Gasteiger partial charge in [-0.05, 0) is 47.3 Å². The van der Waals surface area contributed by atoms with Crippen LogP contribution in [0.2, 0.25) is 0 Å². The summed E-state index contributed by atoms with van der Waals surface area (Å²) in [6.07, 6.45) is 0. The van der Waals surface area contributed by atoms with Crippen LogP contribution >= 0.6 is 0 Å². The van der Waals surface area contributed by atoms with E-state index in [1.54, 1.807) is 0 Å². The quantitative estimate of drug-likeness (QED) is 0.618. The van der Waals surface area contributed by atoms with E-state index in [1.165, 1.54) is 7.11 Å². The van der Waals surface area contributed by atoms with Gasteiger partial charge in [-0.2, -0.15) is 0 Å². The van der Waals surface area contributed by atoms with Crippen molar-refractivity contribution in [3.63, 3.8) is 0 Å². The topological polar surface area (TPSA) is 52.3 Å². The summed E-state index contributed by atoms with van der Waals surface area (Å²) < 4.78 is 4.94. The lowest BCUT2D eigenvalue weighted by molar-refractivity contribution is -0.153. The number of nitrogens with two attached hydrogens (primary N) is 1. The van der Waals surface area contributed by atoms with E-state index in [9.17, 15) is 4.79 Å². The molecule has 0 spiro atoms. The molecule has 3 nitrogen and oxygen atoms in total. The summed E-state index contributed by atoms with van der Waals surface area (Å²) in [5.41, 5.74) is 6.29. The highest BCUT2D eigenvalue weighted by Crippen LogP contribution is 2.92. The molecule has 0 radical (unpaired) electrons. The number of carbonyl (C=O) groups is 1. The maximum atomic E-state index is 11.8. The molecule has 0 aliphatic heterocycles. The standard InChI is InChI=1S/C12H15NO2/c1-15-12(14)10-8-4-2-3-5(8)7(3)9(6(2)4)11(10)13/h2-11H,13H2,1H3/t2?,3?,4?,5?,6?,7?,8?,9?,10-,11+/m1/s1. The molecule has 0 aromatic heterocycles. The predicted molar refractivity (Wildman–Crippen MR) is 51.4 cm³/mol. The van der Waals surface area contributed by atoms with Crippen LogP contribution in [0.1, 0.15) is 0 Å². The zero-order valence-corrected chi connectivity index (χ0v) is 8.67. The Balaban J connectivity index is 1.63. The zero-order valence-electron chi connectivity index (χ0n) is 8.67. The van der Waals surface area contributed by atoms with E-state index in [1.807, 2.05) is 0 Å². The minimum Gasteiger partial charge on any atom is -0.469 e. The molecule has 0 aromatic carbocycles. The molecule has 0 aromatic rings. The number of fused-ring (bicyclic) bond motifs is 1. The van der Waals surface area contributed by atoms with Crippen molar-refractivity contribution in [2.24, 2.45) is 59.0 Å². The van der Waals surface area contributed by atoms with Gasteiger partial charge in [0, 0.05) is 6.04 Å². The molecule has 0 heterocycles. The van der Waals surface area contributed by atoms with Gasteiger partial charge in [0.25, 0.3) is 0 Å². The number of hydrogen-bond acceptors (Lipinski definition) is 3. The summed E-state index contributed by atoms with van der Waals surface area (Å²) in [4.78, 5) is 11.8. The SMILES string of the molecule is COC(=O)[C@@H]1C2C3C4C5C2C5C(C43)[C@@H]1N. The smallest absolute Gasteiger partial charge is 0.310 e. The average Bonchev–Trinajstić information content (AvgIpc) is 3.07. The molecule has 2 bridgehead atoms. The number of ether oxygens (including phenoxy) is 1. The molecule has 80 valence electrons. The molecule has 0 amide bonds. The van der Waals surface area contributed by atoms with Crippen molar-refractivity contribution in [1.29, 1.82) is 0 Å². The third kappa shape index (κ3) is 0.532. The van der Waals surface area contributed by atoms with Crippen molar-refractivity contribution in [1.82, 2.24) is 0 Å². The van der Waals surface area contributed by atoms with Crippen LogP contribution in [0, 0.1) is 53.3 Å². The zero-order chi connectivity index (χ0) is 10.1. The van der Waals surface area contributed by atoms with Crippen molar-refractivity contribution in [3.8, 4) is 0 Å². The molecule has 2 N–H and O–H groups in total. The first-order chi connectivity index (χ1) is 7.27. The third-order valence-electron chi connectivity index (χ3n) is 6.35. The monoisotopic (exact) mass is 205 g/mol. The summed E-state index contributed by atoms with van der Waals surface area (Å²) in [7, 11) is 1.50. The molecule has 15 heavy (non-hydrogen) atoms. The summed E-state index contributed by atoms with van der Waals surface area (Å²) in [6.45, 7) is 0. The van der Waals surface area contributed by atoms with Gasteiger partial charge in [-0.15, -0.1) is 0 Å². The highest BCUT2D eigenvalue weighted by molar-refractivity contribution is 5.75. The largest absolute Gasteiger partial charge is 0.469 e. The van der Waals surface area contributed by atoms with Gasteiger partial charge in [0.2, 0.25) is 0 Å². The molecule has 3 heteroatoms. The molecular weight excluding hydrogens is 190 g/mol. The Hall–Kier alpha value is -0.570. The normalized spacial score (nSPS) is 74.3.